The van der Waals surface area contributed by atoms with Crippen molar-refractivity contribution in [2.24, 2.45) is 10.2 Å². The third-order valence-corrected chi connectivity index (χ3v) is 5.87. The number of ketones is 2. The second-order valence-electron chi connectivity index (χ2n) is 11.8. The van der Waals surface area contributed by atoms with Crippen LogP contribution in [0.4, 0.5) is 22.7 Å². The molecule has 2 N–H and O–H groups in total. The van der Waals surface area contributed by atoms with Gasteiger partial charge in [-0.15, -0.1) is 0 Å². The Morgan fingerprint density at radius 1 is 0.525 bits per heavy atom. The van der Waals surface area contributed by atoms with Gasteiger partial charge >= 0.3 is 0 Å². The highest BCUT2D eigenvalue weighted by atomic mass is 16.1. The predicted molar refractivity (Wildman–Crippen MR) is 164 cm³/mol. The summed E-state index contributed by atoms with van der Waals surface area (Å²) in [5, 5.41) is 15.7. The lowest BCUT2D eigenvalue weighted by atomic mass is 9.99. The number of rotatable bonds is 8. The molecular weight excluding hydrogens is 496 g/mol. The summed E-state index contributed by atoms with van der Waals surface area (Å²) in [6.45, 7) is 12.3. The Hall–Kier alpha value is -4.58. The summed E-state index contributed by atoms with van der Waals surface area (Å²) in [4.78, 5) is 26.9. The number of anilines is 2. The van der Waals surface area contributed by atoms with Crippen LogP contribution >= 0.6 is 0 Å². The maximum absolute atomic E-state index is 13.4. The summed E-state index contributed by atoms with van der Waals surface area (Å²) in [6, 6.07) is 29.2. The average Bonchev–Trinajstić information content (AvgIpc) is 2.91. The van der Waals surface area contributed by atoms with Gasteiger partial charge in [0.05, 0.1) is 11.4 Å². The SMILES string of the molecule is CC(C)(C)Nc1ccc(N=Nc2ccc(NC(C)(C)C)c(C(=O)c3ccccc3)c2)cc1C(=O)c1ccccc1. The van der Waals surface area contributed by atoms with Crippen LogP contribution in [0.25, 0.3) is 0 Å². The number of nitrogens with zero attached hydrogens (tertiary/aromatic N) is 2. The van der Waals surface area contributed by atoms with Crippen LogP contribution in [-0.2, 0) is 0 Å². The molecule has 0 saturated heterocycles. The van der Waals surface area contributed by atoms with Gasteiger partial charge < -0.3 is 10.6 Å². The molecule has 0 aliphatic rings. The molecule has 4 aromatic rings. The van der Waals surface area contributed by atoms with E-state index >= 15 is 0 Å². The van der Waals surface area contributed by atoms with Crippen LogP contribution in [0.15, 0.2) is 107 Å². The number of carbonyl (C=O) groups is 2. The van der Waals surface area contributed by atoms with Crippen molar-refractivity contribution >= 4 is 34.3 Å². The zero-order valence-corrected chi connectivity index (χ0v) is 23.9. The number of hydrogen-bond acceptors (Lipinski definition) is 6. The predicted octanol–water partition coefficient (Wildman–Crippen LogP) is 8.98. The molecule has 40 heavy (non-hydrogen) atoms. The van der Waals surface area contributed by atoms with Crippen molar-refractivity contribution in [1.82, 2.24) is 0 Å². The second kappa shape index (κ2) is 11.7. The normalized spacial score (nSPS) is 11.8. The summed E-state index contributed by atoms with van der Waals surface area (Å²) in [7, 11) is 0. The van der Waals surface area contributed by atoms with E-state index in [1.807, 2.05) is 102 Å². The molecular formula is C34H36N4O2. The first-order chi connectivity index (χ1) is 18.9. The molecule has 0 radical (unpaired) electrons. The van der Waals surface area contributed by atoms with Crippen LogP contribution in [-0.4, -0.2) is 22.6 Å². The maximum Gasteiger partial charge on any atom is 0.195 e. The van der Waals surface area contributed by atoms with Crippen molar-refractivity contribution in [3.05, 3.63) is 119 Å². The monoisotopic (exact) mass is 532 g/mol. The standard InChI is InChI=1S/C34H36N4O2/c1-33(2,3)35-29-19-17-25(21-27(29)31(39)23-13-9-7-10-14-23)37-38-26-18-20-30(36-34(4,5)6)28(22-26)32(40)24-15-11-8-12-16-24/h7-22,35-36H,1-6H3. The third-order valence-electron chi connectivity index (χ3n) is 5.87. The first-order valence-corrected chi connectivity index (χ1v) is 13.4. The van der Waals surface area contributed by atoms with Gasteiger partial charge in [0.15, 0.2) is 11.6 Å². The van der Waals surface area contributed by atoms with Crippen LogP contribution in [0.5, 0.6) is 0 Å². The topological polar surface area (TPSA) is 82.9 Å². The highest BCUT2D eigenvalue weighted by Crippen LogP contribution is 2.31. The minimum Gasteiger partial charge on any atom is -0.380 e. The minimum atomic E-state index is -0.237. The van der Waals surface area contributed by atoms with E-state index in [0.717, 1.165) is 11.4 Å². The fourth-order valence-corrected chi connectivity index (χ4v) is 4.20. The van der Waals surface area contributed by atoms with Crippen molar-refractivity contribution in [2.75, 3.05) is 10.6 Å². The van der Waals surface area contributed by atoms with Crippen molar-refractivity contribution < 1.29 is 9.59 Å². The van der Waals surface area contributed by atoms with Crippen molar-refractivity contribution in [2.45, 2.75) is 52.6 Å². The molecule has 4 rings (SSSR count). The summed E-state index contributed by atoms with van der Waals surface area (Å²) in [5.41, 5.74) is 4.28. The molecule has 6 heteroatoms. The zero-order valence-electron chi connectivity index (χ0n) is 23.9. The highest BCUT2D eigenvalue weighted by Gasteiger charge is 2.20. The second-order valence-corrected chi connectivity index (χ2v) is 11.8. The molecule has 0 bridgehead atoms. The molecule has 0 fully saturated rings. The molecule has 0 atom stereocenters. The van der Waals surface area contributed by atoms with Crippen LogP contribution in [0, 0.1) is 0 Å². The van der Waals surface area contributed by atoms with E-state index < -0.39 is 0 Å². The van der Waals surface area contributed by atoms with Gasteiger partial charge in [-0.1, -0.05) is 60.7 Å². The molecule has 0 spiro atoms. The van der Waals surface area contributed by atoms with Gasteiger partial charge in [-0.25, -0.2) is 0 Å². The average molecular weight is 533 g/mol. The van der Waals surface area contributed by atoms with Crippen LogP contribution in [0.2, 0.25) is 0 Å². The zero-order chi connectivity index (χ0) is 28.9. The molecule has 204 valence electrons. The molecule has 0 unspecified atom stereocenters. The minimum absolute atomic E-state index is 0.0993. The molecule has 6 nitrogen and oxygen atoms in total. The summed E-state index contributed by atoms with van der Waals surface area (Å²) >= 11 is 0. The van der Waals surface area contributed by atoms with Gasteiger partial charge in [0.2, 0.25) is 0 Å². The van der Waals surface area contributed by atoms with Gasteiger partial charge in [-0.3, -0.25) is 9.59 Å². The summed E-state index contributed by atoms with van der Waals surface area (Å²) in [5.74, 6) is -0.199. The van der Waals surface area contributed by atoms with Gasteiger partial charge in [0, 0.05) is 44.7 Å². The van der Waals surface area contributed by atoms with Crippen molar-refractivity contribution in [1.29, 1.82) is 0 Å². The molecule has 0 aliphatic carbocycles. The Balaban J connectivity index is 1.71. The first-order valence-electron chi connectivity index (χ1n) is 13.4. The Morgan fingerprint density at radius 2 is 0.875 bits per heavy atom. The Labute approximate surface area is 236 Å². The molecule has 0 aromatic heterocycles. The number of hydrogen-bond donors (Lipinski definition) is 2. The molecule has 0 heterocycles. The van der Waals surface area contributed by atoms with E-state index in [2.05, 4.69) is 20.9 Å². The number of azo groups is 1. The van der Waals surface area contributed by atoms with E-state index in [1.54, 1.807) is 36.4 Å². The lowest BCUT2D eigenvalue weighted by Gasteiger charge is -2.24. The fraction of sp³-hybridized carbons (Fsp3) is 0.235. The summed E-state index contributed by atoms with van der Waals surface area (Å²) in [6.07, 6.45) is 0. The summed E-state index contributed by atoms with van der Waals surface area (Å²) < 4.78 is 0. The van der Waals surface area contributed by atoms with Crippen molar-refractivity contribution in [3.8, 4) is 0 Å². The third kappa shape index (κ3) is 7.50. The van der Waals surface area contributed by atoms with Crippen LogP contribution < -0.4 is 10.6 Å². The fourth-order valence-electron chi connectivity index (χ4n) is 4.20. The van der Waals surface area contributed by atoms with E-state index in [-0.39, 0.29) is 22.6 Å². The van der Waals surface area contributed by atoms with Gasteiger partial charge in [0.1, 0.15) is 0 Å². The largest absolute Gasteiger partial charge is 0.380 e. The number of carbonyl (C=O) groups excluding carboxylic acids is 2. The number of nitrogens with one attached hydrogen (secondary N) is 2. The lowest BCUT2D eigenvalue weighted by Crippen LogP contribution is -2.27. The molecule has 4 aromatic carbocycles. The van der Waals surface area contributed by atoms with E-state index in [9.17, 15) is 9.59 Å². The van der Waals surface area contributed by atoms with E-state index in [1.165, 1.54) is 0 Å². The van der Waals surface area contributed by atoms with E-state index in [0.29, 0.717) is 33.6 Å². The maximum atomic E-state index is 13.4. The van der Waals surface area contributed by atoms with Crippen molar-refractivity contribution in [3.63, 3.8) is 0 Å². The Morgan fingerprint density at radius 3 is 1.20 bits per heavy atom. The smallest absolute Gasteiger partial charge is 0.195 e. The first kappa shape index (κ1) is 28.4. The van der Waals surface area contributed by atoms with E-state index in [4.69, 9.17) is 0 Å². The van der Waals surface area contributed by atoms with Crippen LogP contribution in [0.3, 0.4) is 0 Å². The Kier molecular flexibility index (Phi) is 8.29. The van der Waals surface area contributed by atoms with Gasteiger partial charge in [-0.2, -0.15) is 10.2 Å². The molecule has 0 aliphatic heterocycles. The quantitative estimate of drug-likeness (QED) is 0.175. The lowest BCUT2D eigenvalue weighted by molar-refractivity contribution is 0.103. The van der Waals surface area contributed by atoms with Gasteiger partial charge in [0.25, 0.3) is 0 Å². The Bertz CT molecular complexity index is 1410. The van der Waals surface area contributed by atoms with Gasteiger partial charge in [-0.05, 0) is 77.9 Å². The molecule has 0 amide bonds. The number of benzene rings is 4. The van der Waals surface area contributed by atoms with Crippen LogP contribution in [0.1, 0.15) is 73.4 Å². The highest BCUT2D eigenvalue weighted by molar-refractivity contribution is 6.13. The molecule has 0 saturated carbocycles.